The Hall–Kier alpha value is -1.24. The maximum absolute atomic E-state index is 12.7. The molecule has 0 spiro atoms. The van der Waals surface area contributed by atoms with Crippen molar-refractivity contribution in [2.24, 2.45) is 5.92 Å². The number of hydrogen-bond acceptors (Lipinski definition) is 5. The molecular formula is C18H25N3O2S. The fraction of sp³-hybridized carbons (Fsp3) is 0.667. The van der Waals surface area contributed by atoms with Crippen molar-refractivity contribution in [1.82, 2.24) is 14.9 Å². The summed E-state index contributed by atoms with van der Waals surface area (Å²) < 4.78 is 0. The number of β-amino-alcohol motifs (C(OH)–C–C–N with tert-alkyl or cyclic N) is 1. The fourth-order valence-electron chi connectivity index (χ4n) is 4.07. The zero-order valence-electron chi connectivity index (χ0n) is 14.3. The molecule has 2 N–H and O–H groups in total. The molecule has 3 atom stereocenters. The van der Waals surface area contributed by atoms with Crippen molar-refractivity contribution in [2.75, 3.05) is 13.1 Å². The Morgan fingerprint density at radius 2 is 2.25 bits per heavy atom. The number of aromatic nitrogens is 2. The molecule has 1 fully saturated rings. The molecule has 0 amide bonds. The first kappa shape index (κ1) is 16.2. The second-order valence-corrected chi connectivity index (χ2v) is 8.53. The van der Waals surface area contributed by atoms with E-state index in [2.05, 4.69) is 23.7 Å². The van der Waals surface area contributed by atoms with E-state index in [0.29, 0.717) is 12.5 Å². The lowest BCUT2D eigenvalue weighted by atomic mass is 9.89. The number of likely N-dealkylation sites (tertiary alicyclic amines) is 1. The number of aliphatic hydroxyl groups excluding tert-OH is 1. The summed E-state index contributed by atoms with van der Waals surface area (Å²) >= 11 is 1.70. The molecule has 0 aromatic carbocycles. The Labute approximate surface area is 145 Å². The molecule has 2 aromatic heterocycles. The highest BCUT2D eigenvalue weighted by atomic mass is 32.1. The summed E-state index contributed by atoms with van der Waals surface area (Å²) in [5.74, 6) is 1.42. The molecule has 0 radical (unpaired) electrons. The lowest BCUT2D eigenvalue weighted by molar-refractivity contribution is 0.0484. The zero-order chi connectivity index (χ0) is 16.8. The number of fused-ring (bicyclic) bond motifs is 3. The number of aliphatic hydroxyl groups is 1. The van der Waals surface area contributed by atoms with E-state index < -0.39 is 0 Å². The van der Waals surface area contributed by atoms with E-state index in [0.717, 1.165) is 54.7 Å². The summed E-state index contributed by atoms with van der Waals surface area (Å²) in [7, 11) is 0. The average Bonchev–Trinajstić information content (AvgIpc) is 2.91. The molecule has 0 saturated carbocycles. The smallest absolute Gasteiger partial charge is 0.259 e. The summed E-state index contributed by atoms with van der Waals surface area (Å²) in [6.45, 7) is 5.94. The molecule has 1 saturated heterocycles. The third kappa shape index (κ3) is 2.80. The second kappa shape index (κ2) is 6.24. The van der Waals surface area contributed by atoms with E-state index in [4.69, 9.17) is 4.98 Å². The van der Waals surface area contributed by atoms with Crippen LogP contribution < -0.4 is 5.56 Å². The Morgan fingerprint density at radius 1 is 1.42 bits per heavy atom. The van der Waals surface area contributed by atoms with Crippen LogP contribution in [0.1, 0.15) is 55.4 Å². The highest BCUT2D eigenvalue weighted by Gasteiger charge is 2.27. The molecule has 0 bridgehead atoms. The third-order valence-electron chi connectivity index (χ3n) is 5.56. The van der Waals surface area contributed by atoms with Crippen LogP contribution in [0.2, 0.25) is 0 Å². The number of aryl methyl sites for hydroxylation is 1. The molecule has 130 valence electrons. The van der Waals surface area contributed by atoms with Crippen molar-refractivity contribution in [3.63, 3.8) is 0 Å². The predicted molar refractivity (Wildman–Crippen MR) is 96.7 cm³/mol. The van der Waals surface area contributed by atoms with Gasteiger partial charge in [0.25, 0.3) is 5.56 Å². The van der Waals surface area contributed by atoms with Crippen LogP contribution in [0.5, 0.6) is 0 Å². The van der Waals surface area contributed by atoms with E-state index in [-0.39, 0.29) is 17.7 Å². The Morgan fingerprint density at radius 3 is 3.04 bits per heavy atom. The highest BCUT2D eigenvalue weighted by Crippen LogP contribution is 2.36. The lowest BCUT2D eigenvalue weighted by Gasteiger charge is -2.34. The van der Waals surface area contributed by atoms with Crippen molar-refractivity contribution in [3.05, 3.63) is 26.6 Å². The first-order valence-corrected chi connectivity index (χ1v) is 9.81. The lowest BCUT2D eigenvalue weighted by Crippen LogP contribution is -2.40. The molecule has 3 heterocycles. The minimum absolute atomic E-state index is 0.00598. The van der Waals surface area contributed by atoms with E-state index in [9.17, 15) is 9.90 Å². The highest BCUT2D eigenvalue weighted by molar-refractivity contribution is 7.18. The number of H-pyrrole nitrogens is 1. The van der Waals surface area contributed by atoms with Crippen LogP contribution in [0.15, 0.2) is 4.79 Å². The molecular weight excluding hydrogens is 322 g/mol. The summed E-state index contributed by atoms with van der Waals surface area (Å²) in [6, 6.07) is 0.0232. The van der Waals surface area contributed by atoms with Gasteiger partial charge in [-0.3, -0.25) is 9.69 Å². The van der Waals surface area contributed by atoms with Crippen LogP contribution in [-0.2, 0) is 12.8 Å². The van der Waals surface area contributed by atoms with Gasteiger partial charge in [-0.1, -0.05) is 6.92 Å². The van der Waals surface area contributed by atoms with Gasteiger partial charge in [-0.05, 0) is 57.1 Å². The summed E-state index contributed by atoms with van der Waals surface area (Å²) in [5, 5.41) is 10.7. The minimum Gasteiger partial charge on any atom is -0.392 e. The minimum atomic E-state index is -0.271. The maximum Gasteiger partial charge on any atom is 0.259 e. The molecule has 3 unspecified atom stereocenters. The van der Waals surface area contributed by atoms with Gasteiger partial charge in [0.2, 0.25) is 0 Å². The van der Waals surface area contributed by atoms with Crippen molar-refractivity contribution in [3.8, 4) is 0 Å². The molecule has 2 aliphatic rings. The van der Waals surface area contributed by atoms with Gasteiger partial charge >= 0.3 is 0 Å². The maximum atomic E-state index is 12.7. The van der Waals surface area contributed by atoms with Crippen LogP contribution in [0.4, 0.5) is 0 Å². The van der Waals surface area contributed by atoms with E-state index in [1.54, 1.807) is 11.3 Å². The molecule has 6 heteroatoms. The molecule has 24 heavy (non-hydrogen) atoms. The van der Waals surface area contributed by atoms with Gasteiger partial charge in [0, 0.05) is 11.4 Å². The first-order valence-electron chi connectivity index (χ1n) is 8.99. The van der Waals surface area contributed by atoms with Crippen molar-refractivity contribution in [2.45, 2.75) is 58.1 Å². The van der Waals surface area contributed by atoms with Crippen molar-refractivity contribution >= 4 is 21.6 Å². The fourth-order valence-corrected chi connectivity index (χ4v) is 5.46. The van der Waals surface area contributed by atoms with E-state index >= 15 is 0 Å². The zero-order valence-corrected chi connectivity index (χ0v) is 15.2. The monoisotopic (exact) mass is 347 g/mol. The van der Waals surface area contributed by atoms with Gasteiger partial charge in [0.15, 0.2) is 0 Å². The predicted octanol–water partition coefficient (Wildman–Crippen LogP) is 2.63. The summed E-state index contributed by atoms with van der Waals surface area (Å²) in [5.41, 5.74) is 1.24. The number of nitrogens with one attached hydrogen (secondary N) is 1. The van der Waals surface area contributed by atoms with Crippen molar-refractivity contribution < 1.29 is 5.11 Å². The number of thiophene rings is 1. The first-order chi connectivity index (χ1) is 11.5. The van der Waals surface area contributed by atoms with Crippen LogP contribution in [-0.4, -0.2) is 39.2 Å². The summed E-state index contributed by atoms with van der Waals surface area (Å²) in [4.78, 5) is 25.0. The van der Waals surface area contributed by atoms with Gasteiger partial charge in [-0.25, -0.2) is 4.98 Å². The molecule has 2 aromatic rings. The Bertz CT molecular complexity index is 812. The normalized spacial score (nSPS) is 26.5. The SMILES string of the molecule is CC1CCc2c(sc3nc(C(C)N4CCCC(O)C4)[nH]c(=O)c23)C1. The second-order valence-electron chi connectivity index (χ2n) is 7.45. The Kier molecular flexibility index (Phi) is 4.22. The van der Waals surface area contributed by atoms with Gasteiger partial charge in [-0.15, -0.1) is 11.3 Å². The molecule has 1 aliphatic heterocycles. The number of rotatable bonds is 2. The number of piperidine rings is 1. The largest absolute Gasteiger partial charge is 0.392 e. The summed E-state index contributed by atoms with van der Waals surface area (Å²) in [6.07, 6.45) is 4.80. The van der Waals surface area contributed by atoms with Crippen LogP contribution in [0, 0.1) is 5.92 Å². The quantitative estimate of drug-likeness (QED) is 0.876. The van der Waals surface area contributed by atoms with Crippen LogP contribution >= 0.6 is 11.3 Å². The Balaban J connectivity index is 1.71. The van der Waals surface area contributed by atoms with Gasteiger partial charge in [0.05, 0.1) is 17.5 Å². The average molecular weight is 347 g/mol. The van der Waals surface area contributed by atoms with Crippen LogP contribution in [0.25, 0.3) is 10.2 Å². The van der Waals surface area contributed by atoms with Gasteiger partial charge < -0.3 is 10.1 Å². The number of hydrogen-bond donors (Lipinski definition) is 2. The van der Waals surface area contributed by atoms with Crippen molar-refractivity contribution in [1.29, 1.82) is 0 Å². The van der Waals surface area contributed by atoms with Gasteiger partial charge in [-0.2, -0.15) is 0 Å². The third-order valence-corrected chi connectivity index (χ3v) is 6.70. The number of aromatic amines is 1. The van der Waals surface area contributed by atoms with E-state index in [1.807, 2.05) is 0 Å². The van der Waals surface area contributed by atoms with Gasteiger partial charge in [0.1, 0.15) is 10.7 Å². The molecule has 4 rings (SSSR count). The number of nitrogens with zero attached hydrogens (tertiary/aromatic N) is 2. The standard InChI is InChI=1S/C18H25N3O2S/c1-10-5-6-13-14(8-10)24-18-15(13)17(23)19-16(20-18)11(2)21-7-3-4-12(22)9-21/h10-12,22H,3-9H2,1-2H3,(H,19,20,23). The molecule has 5 nitrogen and oxygen atoms in total. The molecule has 1 aliphatic carbocycles. The topological polar surface area (TPSA) is 69.2 Å². The van der Waals surface area contributed by atoms with Crippen LogP contribution in [0.3, 0.4) is 0 Å². The van der Waals surface area contributed by atoms with E-state index in [1.165, 1.54) is 10.4 Å².